The third-order valence-corrected chi connectivity index (χ3v) is 16.0. The molecule has 0 amide bonds. The fraction of sp³-hybridized carbons (Fsp3) is 0.194. The van der Waals surface area contributed by atoms with E-state index in [0.29, 0.717) is 48.1 Å². The minimum Gasteiger partial charge on any atom is -1.00 e. The number of carboxylic acid groups (broad SMARTS) is 1. The van der Waals surface area contributed by atoms with E-state index in [1.54, 1.807) is 98.8 Å². The zero-order chi connectivity index (χ0) is 74.1. The molecule has 9 aromatic carbocycles. The molecule has 38 heteroatoms. The van der Waals surface area contributed by atoms with Gasteiger partial charge < -0.3 is 46.2 Å². The van der Waals surface area contributed by atoms with Crippen LogP contribution in [0.4, 0.5) is 39.5 Å². The van der Waals surface area contributed by atoms with Gasteiger partial charge in [0, 0.05) is 24.5 Å². The number of phenolic OH excluding ortho intramolecular Hbond substituents is 1. The first-order valence-corrected chi connectivity index (χ1v) is 32.6. The number of carbonyl (C=O) groups excluding carboxylic acids is 3. The van der Waals surface area contributed by atoms with Crippen molar-refractivity contribution in [2.24, 2.45) is 0 Å². The number of aliphatic carboxylic acids is 1. The predicted molar refractivity (Wildman–Crippen MR) is 392 cm³/mol. The molecule has 12 aromatic rings. The standard InChI is InChI=1S/C23H17BrF3N3O3.C21H13BrF3N3O3.C12H8BrN3O.C11H10BrF3O2.CH2O3.4CH4.2K.Li.H2O.H/c1-2-32-22(31)21(14-6-5-7-15(12-14)23(25,26)27)33-20-11-10-16(24)13-19(20)30-28-17-8-3-4-9-18(17)29-30;22-14-8-9-18(17(11-14)28-26-15-6-1-2-7-16(15)27-28)31-19(20(29)30)12-4-3-5-13(10-12)21(23,24)25;13-8-5-6-12(17)11(7-8)16-14-9-3-1-2-4-10(9)15-16;1-2-17-10(16)9(12)7-4-3-5-8(6-7)11(13,14)15;2-1-4-3;;;;;;;;;/h3-13,21H,2H2,1H3;1-11,19H,(H,29,30);1-7,17H;3-6,9H,2H2,1H3;1,3H;4*1H4;;;;1H2;/q;;;;;;;;;3*+1;;-1/p-2. The summed E-state index contributed by atoms with van der Waals surface area (Å²) in [6.45, 7) is 3.27. The SMILES string of the molecule is C.C.C.C.CCOC(=O)C(Br)c1cccc(C(F)(F)F)c1.CCOC(=O)C(Oc1ccc(Br)cc1-n1nc2ccccc2n1)c1cccc(C(F)(F)F)c1.O=C(O)C(Oc1ccc(Br)cc1-n1nc2ccccc2n1)c1cccc(C(F)(F)F)c1.O=CO[O-].Oc1ccc(Br)cc1-n1nc2ccccc2n1.[H-].[K+].[K+].[Li+].[OH-]. The summed E-state index contributed by atoms with van der Waals surface area (Å²) >= 11 is 13.1. The number of benzene rings is 9. The van der Waals surface area contributed by atoms with Gasteiger partial charge in [0.2, 0.25) is 12.2 Å². The van der Waals surface area contributed by atoms with Crippen LogP contribution < -0.4 is 136 Å². The molecule has 0 spiro atoms. The molecule has 0 aliphatic rings. The molecule has 110 heavy (non-hydrogen) atoms. The van der Waals surface area contributed by atoms with Crippen molar-refractivity contribution in [3.05, 3.63) is 247 Å². The third kappa shape index (κ3) is 28.9. The fourth-order valence-electron chi connectivity index (χ4n) is 9.02. The number of esters is 2. The van der Waals surface area contributed by atoms with E-state index in [1.165, 1.54) is 50.8 Å². The minimum absolute atomic E-state index is 0. The zero-order valence-electron chi connectivity index (χ0n) is 56.6. The number of alkyl halides is 10. The van der Waals surface area contributed by atoms with E-state index in [1.807, 2.05) is 36.4 Å². The summed E-state index contributed by atoms with van der Waals surface area (Å²) in [6, 6.07) is 49.8. The number of carboxylic acids is 1. The van der Waals surface area contributed by atoms with Gasteiger partial charge in [-0.3, -0.25) is 9.59 Å². The van der Waals surface area contributed by atoms with Gasteiger partial charge in [0.05, 0.1) is 29.9 Å². The van der Waals surface area contributed by atoms with E-state index in [-0.39, 0.29) is 212 Å². The summed E-state index contributed by atoms with van der Waals surface area (Å²) in [5, 5.41) is 54.1. The summed E-state index contributed by atoms with van der Waals surface area (Å²) in [7, 11) is 0. The monoisotopic (exact) mass is 1840 g/mol. The quantitative estimate of drug-likeness (QED) is 0.0173. The van der Waals surface area contributed by atoms with Crippen molar-refractivity contribution >= 4 is 121 Å². The number of aromatic hydroxyl groups is 1. The van der Waals surface area contributed by atoms with E-state index in [0.717, 1.165) is 58.0 Å². The van der Waals surface area contributed by atoms with Crippen molar-refractivity contribution < 1.29 is 227 Å². The van der Waals surface area contributed by atoms with Crippen molar-refractivity contribution in [1.82, 2.24) is 45.0 Å². The molecule has 3 heterocycles. The molecule has 0 saturated carbocycles. The predicted octanol–water partition coefficient (Wildman–Crippen LogP) is 9.81. The van der Waals surface area contributed by atoms with Crippen LogP contribution in [-0.4, -0.2) is 98.3 Å². The molecular formula is C72H67Br4F9K2LiN9O13. The molecule has 3 aromatic heterocycles. The summed E-state index contributed by atoms with van der Waals surface area (Å²) in [5.41, 5.74) is 2.81. The Kier molecular flexibility index (Phi) is 45.1. The molecule has 3 atom stereocenters. The van der Waals surface area contributed by atoms with Gasteiger partial charge in [-0.1, -0.05) is 172 Å². The van der Waals surface area contributed by atoms with Crippen LogP contribution in [0.2, 0.25) is 0 Å². The maximum Gasteiger partial charge on any atom is 1.00 e. The molecule has 0 aliphatic heterocycles. The summed E-state index contributed by atoms with van der Waals surface area (Å²) < 4.78 is 140. The van der Waals surface area contributed by atoms with Crippen LogP contribution in [0, 0.1) is 0 Å². The second-order valence-electron chi connectivity index (χ2n) is 20.6. The van der Waals surface area contributed by atoms with E-state index in [2.05, 4.69) is 99.2 Å². The Labute approximate surface area is 757 Å². The molecule has 0 aliphatic carbocycles. The Morgan fingerprint density at radius 2 is 0.764 bits per heavy atom. The number of halogens is 13. The summed E-state index contributed by atoms with van der Waals surface area (Å²) in [5.74, 6) is -2.43. The number of aromatic nitrogens is 9. The Morgan fingerprint density at radius 3 is 1.09 bits per heavy atom. The van der Waals surface area contributed by atoms with Gasteiger partial charge in [-0.2, -0.15) is 39.5 Å². The van der Waals surface area contributed by atoms with E-state index < -0.39 is 70.2 Å². The maximum atomic E-state index is 13.3. The molecule has 0 radical (unpaired) electrons. The smallest absolute Gasteiger partial charge is 1.00 e. The van der Waals surface area contributed by atoms with Crippen molar-refractivity contribution in [2.45, 2.75) is 79.1 Å². The van der Waals surface area contributed by atoms with Crippen molar-refractivity contribution in [2.75, 3.05) is 13.2 Å². The number of fused-ring (bicyclic) bond motifs is 3. The average molecular weight is 1840 g/mol. The molecule has 0 saturated heterocycles. The first kappa shape index (κ1) is 104. The van der Waals surface area contributed by atoms with Crippen LogP contribution in [0.3, 0.4) is 0 Å². The zero-order valence-corrected chi connectivity index (χ0v) is 68.2. The number of hydrogen-bond donors (Lipinski definition) is 2. The van der Waals surface area contributed by atoms with Gasteiger partial charge in [0.25, 0.3) is 6.47 Å². The first-order chi connectivity index (χ1) is 48.5. The van der Waals surface area contributed by atoms with Crippen molar-refractivity contribution in [3.63, 3.8) is 0 Å². The van der Waals surface area contributed by atoms with Gasteiger partial charge >= 0.3 is 158 Å². The summed E-state index contributed by atoms with van der Waals surface area (Å²) in [4.78, 5) is 50.3. The maximum absolute atomic E-state index is 13.3. The number of ether oxygens (including phenoxy) is 4. The topological polar surface area (TPSA) is 300 Å². The number of phenols is 1. The number of nitrogens with zero attached hydrogens (tertiary/aromatic N) is 9. The van der Waals surface area contributed by atoms with Gasteiger partial charge in [-0.05, 0) is 141 Å². The number of hydrogen-bond acceptors (Lipinski definition) is 18. The van der Waals surface area contributed by atoms with E-state index >= 15 is 0 Å². The van der Waals surface area contributed by atoms with Gasteiger partial charge in [-0.25, -0.2) is 9.59 Å². The van der Waals surface area contributed by atoms with Gasteiger partial charge in [0.15, 0.2) is 0 Å². The van der Waals surface area contributed by atoms with Crippen LogP contribution in [0.15, 0.2) is 214 Å². The molecule has 572 valence electrons. The molecular weight excluding hydrogens is 1770 g/mol. The van der Waals surface area contributed by atoms with Gasteiger partial charge in [0.1, 0.15) is 72.2 Å². The molecule has 3 unspecified atom stereocenters. The van der Waals surface area contributed by atoms with Crippen LogP contribution in [0.25, 0.3) is 50.2 Å². The molecule has 0 bridgehead atoms. The average Bonchev–Trinajstić information content (AvgIpc) is 1.72. The Bertz CT molecular complexity index is 4840. The molecule has 0 fully saturated rings. The molecule has 22 nitrogen and oxygen atoms in total. The van der Waals surface area contributed by atoms with Crippen molar-refractivity contribution in [3.8, 4) is 34.3 Å². The second-order valence-corrected chi connectivity index (χ2v) is 24.2. The van der Waals surface area contributed by atoms with Crippen LogP contribution in [0.1, 0.15) is 95.4 Å². The minimum atomic E-state index is -4.61. The summed E-state index contributed by atoms with van der Waals surface area (Å²) in [6.07, 6.45) is -16.7. The van der Waals surface area contributed by atoms with E-state index in [4.69, 9.17) is 29.0 Å². The van der Waals surface area contributed by atoms with Crippen LogP contribution >= 0.6 is 63.7 Å². The van der Waals surface area contributed by atoms with E-state index in [9.17, 15) is 64.1 Å². The third-order valence-electron chi connectivity index (χ3n) is 13.6. The Hall–Kier alpha value is -6.46. The Balaban J connectivity index is 0. The Morgan fingerprint density at radius 1 is 0.473 bits per heavy atom. The second kappa shape index (κ2) is 47.9. The first-order valence-electron chi connectivity index (χ1n) is 29.3. The number of carbonyl (C=O) groups is 4. The number of rotatable bonds is 16. The van der Waals surface area contributed by atoms with Crippen LogP contribution in [0.5, 0.6) is 17.2 Å². The van der Waals surface area contributed by atoms with Crippen LogP contribution in [-0.2, 0) is 52.1 Å². The molecule has 12 rings (SSSR count). The molecule has 3 N–H and O–H groups in total. The largest absolute Gasteiger partial charge is 1.00 e. The van der Waals surface area contributed by atoms with Crippen molar-refractivity contribution in [1.29, 1.82) is 0 Å². The normalized spacial score (nSPS) is 11.2. The fourth-order valence-corrected chi connectivity index (χ4v) is 10.5. The van der Waals surface area contributed by atoms with Gasteiger partial charge in [-0.15, -0.1) is 45.0 Å².